The van der Waals surface area contributed by atoms with E-state index in [1.165, 1.54) is 0 Å². The molecule has 3 aromatic rings. The van der Waals surface area contributed by atoms with Gasteiger partial charge >= 0.3 is 5.97 Å². The lowest BCUT2D eigenvalue weighted by Crippen LogP contribution is -2.52. The Hall–Kier alpha value is -2.96. The van der Waals surface area contributed by atoms with E-state index in [2.05, 4.69) is 5.32 Å². The number of carboxylic acid groups (broad SMARTS) is 1. The molecule has 5 N–H and O–H groups in total. The van der Waals surface area contributed by atoms with Crippen molar-refractivity contribution in [1.29, 1.82) is 0 Å². The first-order valence-electron chi connectivity index (χ1n) is 11.4. The summed E-state index contributed by atoms with van der Waals surface area (Å²) < 4.78 is 13.5. The second kappa shape index (κ2) is 12.8. The van der Waals surface area contributed by atoms with Crippen LogP contribution in [0.2, 0.25) is 0 Å². The lowest BCUT2D eigenvalue weighted by atomic mass is 9.83. The summed E-state index contributed by atoms with van der Waals surface area (Å²) in [7, 11) is -4.05. The number of aliphatic carboxylic acids is 1. The molecule has 36 heavy (non-hydrogen) atoms. The van der Waals surface area contributed by atoms with Gasteiger partial charge in [0.2, 0.25) is 13.3 Å². The molecule has 0 aliphatic rings. The van der Waals surface area contributed by atoms with Gasteiger partial charge in [-0.05, 0) is 30.0 Å². The fourth-order valence-corrected chi connectivity index (χ4v) is 6.00. The van der Waals surface area contributed by atoms with E-state index in [0.29, 0.717) is 5.56 Å². The predicted molar refractivity (Wildman–Crippen MR) is 144 cm³/mol. The summed E-state index contributed by atoms with van der Waals surface area (Å²) in [5.74, 6) is -2.92. The molecule has 0 saturated heterocycles. The van der Waals surface area contributed by atoms with Crippen LogP contribution in [-0.2, 0) is 32.4 Å². The quantitative estimate of drug-likeness (QED) is 0.277. The number of carbonyl (C=O) groups excluding carboxylic acids is 1. The maximum absolute atomic E-state index is 13.6. The summed E-state index contributed by atoms with van der Waals surface area (Å²) in [6.45, 7) is 1.55. The smallest absolute Gasteiger partial charge is 0.326 e. The topological polar surface area (TPSA) is 130 Å². The van der Waals surface area contributed by atoms with Crippen molar-refractivity contribution in [2.24, 2.45) is 5.73 Å². The largest absolute Gasteiger partial charge is 0.480 e. The number of amides is 1. The third-order valence-electron chi connectivity index (χ3n) is 6.15. The van der Waals surface area contributed by atoms with E-state index in [1.54, 1.807) is 61.5 Å². The van der Waals surface area contributed by atoms with Crippen LogP contribution in [0.4, 0.5) is 0 Å². The minimum atomic E-state index is -4.05. The van der Waals surface area contributed by atoms with Crippen LogP contribution in [0.5, 0.6) is 0 Å². The third kappa shape index (κ3) is 7.52. The number of carbonyl (C=O) groups is 2. The Morgan fingerprint density at radius 2 is 1.33 bits per heavy atom. The van der Waals surface area contributed by atoms with Crippen molar-refractivity contribution in [2.75, 3.05) is 6.16 Å². The van der Waals surface area contributed by atoms with Crippen LogP contribution in [0.15, 0.2) is 91.0 Å². The van der Waals surface area contributed by atoms with Gasteiger partial charge in [-0.2, -0.15) is 0 Å². The number of carboxylic acids is 1. The van der Waals surface area contributed by atoms with Crippen molar-refractivity contribution in [2.45, 2.75) is 37.0 Å². The van der Waals surface area contributed by atoms with Gasteiger partial charge in [-0.3, -0.25) is 9.36 Å². The molecular formula is C27H32ClN2O5P. The van der Waals surface area contributed by atoms with Gasteiger partial charge in [-0.1, -0.05) is 91.0 Å². The molecule has 0 radical (unpaired) electrons. The molecule has 7 nitrogen and oxygen atoms in total. The monoisotopic (exact) mass is 530 g/mol. The Morgan fingerprint density at radius 3 is 1.81 bits per heavy atom. The van der Waals surface area contributed by atoms with Crippen LogP contribution in [0, 0.1) is 0 Å². The summed E-state index contributed by atoms with van der Waals surface area (Å²) in [5, 5.41) is 12.4. The Kier molecular flexibility index (Phi) is 10.4. The van der Waals surface area contributed by atoms with Crippen LogP contribution in [0.25, 0.3) is 0 Å². The number of nitrogens with two attached hydrogens (primary N) is 1. The molecule has 0 heterocycles. The van der Waals surface area contributed by atoms with Crippen molar-refractivity contribution in [1.82, 2.24) is 5.32 Å². The first-order chi connectivity index (χ1) is 16.6. The SMILES string of the molecule is CC(CP(=O)(O)C(N)Cc1ccccc1)(C(=O)N[C@@H](Cc1ccccc1)C(=O)O)c1ccccc1.Cl. The zero-order chi connectivity index (χ0) is 25.5. The van der Waals surface area contributed by atoms with Crippen molar-refractivity contribution >= 4 is 31.7 Å². The lowest BCUT2D eigenvalue weighted by Gasteiger charge is -2.33. The maximum Gasteiger partial charge on any atom is 0.326 e. The first-order valence-corrected chi connectivity index (χ1v) is 13.3. The second-order valence-electron chi connectivity index (χ2n) is 8.92. The highest BCUT2D eigenvalue weighted by Crippen LogP contribution is 2.50. The van der Waals surface area contributed by atoms with Gasteiger partial charge in [0, 0.05) is 12.6 Å². The Bertz CT molecular complexity index is 1180. The molecule has 0 bridgehead atoms. The van der Waals surface area contributed by atoms with E-state index in [-0.39, 0.29) is 25.2 Å². The zero-order valence-electron chi connectivity index (χ0n) is 20.0. The normalized spacial score (nSPS) is 15.9. The number of halogens is 1. The van der Waals surface area contributed by atoms with Crippen LogP contribution < -0.4 is 11.1 Å². The van der Waals surface area contributed by atoms with E-state index in [9.17, 15) is 24.2 Å². The fourth-order valence-electron chi connectivity index (χ4n) is 4.04. The molecule has 0 aliphatic heterocycles. The number of benzene rings is 3. The van der Waals surface area contributed by atoms with Gasteiger partial charge in [0.25, 0.3) is 0 Å². The van der Waals surface area contributed by atoms with Crippen molar-refractivity contribution < 1.29 is 24.2 Å². The van der Waals surface area contributed by atoms with Gasteiger partial charge in [-0.25, -0.2) is 4.79 Å². The minimum absolute atomic E-state index is 0. The highest BCUT2D eigenvalue weighted by molar-refractivity contribution is 7.58. The van der Waals surface area contributed by atoms with Crippen LogP contribution in [0.3, 0.4) is 0 Å². The van der Waals surface area contributed by atoms with E-state index in [1.807, 2.05) is 36.4 Å². The molecule has 3 unspecified atom stereocenters. The highest BCUT2D eigenvalue weighted by atomic mass is 35.5. The summed E-state index contributed by atoms with van der Waals surface area (Å²) in [4.78, 5) is 36.5. The zero-order valence-corrected chi connectivity index (χ0v) is 21.7. The predicted octanol–water partition coefficient (Wildman–Crippen LogP) is 3.98. The highest BCUT2D eigenvalue weighted by Gasteiger charge is 2.44. The number of rotatable bonds is 11. The van der Waals surface area contributed by atoms with Gasteiger partial charge in [0.15, 0.2) is 0 Å². The maximum atomic E-state index is 13.6. The van der Waals surface area contributed by atoms with Crippen molar-refractivity contribution in [3.8, 4) is 0 Å². The van der Waals surface area contributed by atoms with Gasteiger partial charge in [0.05, 0.1) is 11.2 Å². The van der Waals surface area contributed by atoms with Gasteiger partial charge in [-0.15, -0.1) is 12.4 Å². The lowest BCUT2D eigenvalue weighted by molar-refractivity contribution is -0.142. The minimum Gasteiger partial charge on any atom is -0.480 e. The fraction of sp³-hybridized carbons (Fsp3) is 0.259. The Morgan fingerprint density at radius 1 is 0.889 bits per heavy atom. The summed E-state index contributed by atoms with van der Waals surface area (Å²) >= 11 is 0. The molecule has 192 valence electrons. The Labute approximate surface area is 217 Å². The van der Waals surface area contributed by atoms with Crippen LogP contribution in [-0.4, -0.2) is 39.9 Å². The molecule has 0 spiro atoms. The summed E-state index contributed by atoms with van der Waals surface area (Å²) in [6.07, 6.45) is -0.175. The molecule has 3 rings (SSSR count). The third-order valence-corrected chi connectivity index (χ3v) is 8.45. The van der Waals surface area contributed by atoms with Crippen molar-refractivity contribution in [3.63, 3.8) is 0 Å². The van der Waals surface area contributed by atoms with E-state index in [0.717, 1.165) is 11.1 Å². The van der Waals surface area contributed by atoms with Gasteiger partial charge < -0.3 is 21.1 Å². The molecular weight excluding hydrogens is 499 g/mol. The standard InChI is InChI=1S/C27H31N2O5P.ClH/c1-27(22-15-9-4-10-16-22,19-35(33,34)24(28)18-21-13-7-3-8-14-21)26(32)29-23(25(30)31)17-20-11-5-2-6-12-20;/h2-16,23-24H,17-19,28H2,1H3,(H,29,32)(H,30,31)(H,33,34);1H/t23-,24?,27?;/m0./s1. The van der Waals surface area contributed by atoms with Gasteiger partial charge in [0.1, 0.15) is 6.04 Å². The summed E-state index contributed by atoms with van der Waals surface area (Å²) in [6, 6.07) is 25.5. The van der Waals surface area contributed by atoms with E-state index in [4.69, 9.17) is 5.73 Å². The average Bonchev–Trinajstić information content (AvgIpc) is 2.85. The molecule has 0 saturated carbocycles. The molecule has 0 fully saturated rings. The summed E-state index contributed by atoms with van der Waals surface area (Å²) in [5.41, 5.74) is 6.77. The Balaban J connectivity index is 0.00000456. The molecule has 3 aromatic carbocycles. The second-order valence-corrected chi connectivity index (χ2v) is 11.4. The molecule has 9 heteroatoms. The first kappa shape index (κ1) is 29.3. The molecule has 1 amide bonds. The number of hydrogen-bond donors (Lipinski definition) is 4. The number of hydrogen-bond acceptors (Lipinski definition) is 4. The number of nitrogens with one attached hydrogen (secondary N) is 1. The van der Waals surface area contributed by atoms with Crippen LogP contribution >= 0.6 is 19.8 Å². The van der Waals surface area contributed by atoms with Crippen LogP contribution in [0.1, 0.15) is 23.6 Å². The molecule has 4 atom stereocenters. The average molecular weight is 531 g/mol. The van der Waals surface area contributed by atoms with Crippen molar-refractivity contribution in [3.05, 3.63) is 108 Å². The van der Waals surface area contributed by atoms with E-state index >= 15 is 0 Å². The molecule has 0 aromatic heterocycles. The van der Waals surface area contributed by atoms with E-state index < -0.39 is 42.6 Å². The molecule has 0 aliphatic carbocycles.